The SMILES string of the molecule is COC(=O)Cc1cc(OCc2ccc(F)cc2)cc(OS(=O)(=O)C(F)(F)F)c1. The zero-order valence-corrected chi connectivity index (χ0v) is 15.1. The fourth-order valence-electron chi connectivity index (χ4n) is 2.02. The van der Waals surface area contributed by atoms with Gasteiger partial charge in [0.25, 0.3) is 0 Å². The topological polar surface area (TPSA) is 78.9 Å². The van der Waals surface area contributed by atoms with Crippen molar-refractivity contribution in [2.24, 2.45) is 0 Å². The van der Waals surface area contributed by atoms with Crippen LogP contribution in [0.3, 0.4) is 0 Å². The molecule has 0 saturated heterocycles. The molecule has 0 aromatic heterocycles. The Morgan fingerprint density at radius 3 is 2.18 bits per heavy atom. The van der Waals surface area contributed by atoms with Crippen molar-refractivity contribution in [3.8, 4) is 11.5 Å². The van der Waals surface area contributed by atoms with E-state index in [1.165, 1.54) is 30.3 Å². The van der Waals surface area contributed by atoms with Crippen molar-refractivity contribution in [1.29, 1.82) is 0 Å². The Morgan fingerprint density at radius 1 is 1.00 bits per heavy atom. The van der Waals surface area contributed by atoms with Gasteiger partial charge < -0.3 is 13.7 Å². The van der Waals surface area contributed by atoms with Gasteiger partial charge in [-0.2, -0.15) is 21.6 Å². The molecule has 0 aliphatic rings. The molecule has 0 atom stereocenters. The van der Waals surface area contributed by atoms with Crippen LogP contribution >= 0.6 is 0 Å². The lowest BCUT2D eigenvalue weighted by molar-refractivity contribution is -0.139. The van der Waals surface area contributed by atoms with Gasteiger partial charge in [0, 0.05) is 6.07 Å². The van der Waals surface area contributed by atoms with Crippen molar-refractivity contribution >= 4 is 16.1 Å². The van der Waals surface area contributed by atoms with Crippen LogP contribution in [0.15, 0.2) is 42.5 Å². The van der Waals surface area contributed by atoms with Crippen molar-refractivity contribution in [3.63, 3.8) is 0 Å². The van der Waals surface area contributed by atoms with Crippen LogP contribution in [0.1, 0.15) is 11.1 Å². The number of hydrogen-bond donors (Lipinski definition) is 0. The molecule has 0 unspecified atom stereocenters. The van der Waals surface area contributed by atoms with Crippen LogP contribution < -0.4 is 8.92 Å². The highest BCUT2D eigenvalue weighted by atomic mass is 32.2. The molecule has 2 aromatic carbocycles. The molecule has 28 heavy (non-hydrogen) atoms. The summed E-state index contributed by atoms with van der Waals surface area (Å²) in [6.07, 6.45) is -0.354. The van der Waals surface area contributed by atoms with Crippen LogP contribution in [0.25, 0.3) is 0 Å². The van der Waals surface area contributed by atoms with E-state index in [2.05, 4.69) is 8.92 Å². The van der Waals surface area contributed by atoms with Gasteiger partial charge in [-0.05, 0) is 35.4 Å². The van der Waals surface area contributed by atoms with Gasteiger partial charge in [-0.15, -0.1) is 0 Å². The minimum Gasteiger partial charge on any atom is -0.489 e. The fraction of sp³-hybridized carbons (Fsp3) is 0.235. The summed E-state index contributed by atoms with van der Waals surface area (Å²) in [5.74, 6) is -1.91. The molecule has 0 fully saturated rings. The Labute approximate surface area is 157 Å². The number of rotatable bonds is 7. The van der Waals surface area contributed by atoms with E-state index >= 15 is 0 Å². The van der Waals surface area contributed by atoms with Gasteiger partial charge >= 0.3 is 21.6 Å². The number of methoxy groups -OCH3 is 1. The summed E-state index contributed by atoms with van der Waals surface area (Å²) >= 11 is 0. The smallest absolute Gasteiger partial charge is 0.489 e. The van der Waals surface area contributed by atoms with Crippen LogP contribution in [0, 0.1) is 5.82 Å². The second kappa shape index (κ2) is 8.46. The highest BCUT2D eigenvalue weighted by Gasteiger charge is 2.48. The maximum Gasteiger partial charge on any atom is 0.534 e. The number of alkyl halides is 3. The maximum absolute atomic E-state index is 12.9. The maximum atomic E-state index is 12.9. The molecule has 0 amide bonds. The van der Waals surface area contributed by atoms with Gasteiger partial charge in [0.15, 0.2) is 0 Å². The third-order valence-electron chi connectivity index (χ3n) is 3.32. The first-order valence-corrected chi connectivity index (χ1v) is 9.00. The lowest BCUT2D eigenvalue weighted by Crippen LogP contribution is -2.28. The van der Waals surface area contributed by atoms with Crippen LogP contribution in [0.4, 0.5) is 17.6 Å². The molecule has 0 aliphatic carbocycles. The van der Waals surface area contributed by atoms with Gasteiger partial charge in [0.1, 0.15) is 23.9 Å². The molecule has 6 nitrogen and oxygen atoms in total. The number of carbonyl (C=O) groups is 1. The lowest BCUT2D eigenvalue weighted by Gasteiger charge is -2.13. The standard InChI is InChI=1S/C17H14F4O6S/c1-25-16(22)8-12-6-14(26-10-11-2-4-13(18)5-3-11)9-15(7-12)27-28(23,24)17(19,20)21/h2-7,9H,8,10H2,1H3. The predicted molar refractivity (Wildman–Crippen MR) is 88.5 cm³/mol. The van der Waals surface area contributed by atoms with E-state index in [1.807, 2.05) is 0 Å². The Bertz CT molecular complexity index is 939. The van der Waals surface area contributed by atoms with Crippen molar-refractivity contribution in [1.82, 2.24) is 0 Å². The summed E-state index contributed by atoms with van der Waals surface area (Å²) < 4.78 is 86.9. The number of benzene rings is 2. The molecule has 0 bridgehead atoms. The predicted octanol–water partition coefficient (Wildman–Crippen LogP) is 3.35. The summed E-state index contributed by atoms with van der Waals surface area (Å²) in [6, 6.07) is 8.43. The average Bonchev–Trinajstić information content (AvgIpc) is 2.59. The first-order chi connectivity index (χ1) is 13.0. The van der Waals surface area contributed by atoms with E-state index in [1.54, 1.807) is 0 Å². The third kappa shape index (κ3) is 5.84. The lowest BCUT2D eigenvalue weighted by atomic mass is 10.1. The van der Waals surface area contributed by atoms with Gasteiger partial charge in [-0.1, -0.05) is 12.1 Å². The van der Waals surface area contributed by atoms with E-state index < -0.39 is 33.2 Å². The first-order valence-electron chi connectivity index (χ1n) is 7.59. The fourth-order valence-corrected chi connectivity index (χ4v) is 2.47. The highest BCUT2D eigenvalue weighted by Crippen LogP contribution is 2.30. The van der Waals surface area contributed by atoms with Crippen LogP contribution in [0.5, 0.6) is 11.5 Å². The van der Waals surface area contributed by atoms with Gasteiger partial charge in [0.05, 0.1) is 13.5 Å². The molecule has 0 N–H and O–H groups in total. The molecule has 0 radical (unpaired) electrons. The van der Waals surface area contributed by atoms with E-state index in [4.69, 9.17) is 4.74 Å². The summed E-state index contributed by atoms with van der Waals surface area (Å²) in [5.41, 5.74) is -4.97. The van der Waals surface area contributed by atoms with E-state index in [-0.39, 0.29) is 24.3 Å². The number of hydrogen-bond acceptors (Lipinski definition) is 6. The Balaban J connectivity index is 2.28. The molecule has 2 rings (SSSR count). The largest absolute Gasteiger partial charge is 0.534 e. The van der Waals surface area contributed by atoms with Crippen molar-refractivity contribution in [3.05, 3.63) is 59.4 Å². The molecule has 0 spiro atoms. The normalized spacial score (nSPS) is 11.8. The average molecular weight is 422 g/mol. The van der Waals surface area contributed by atoms with Crippen LogP contribution in [-0.2, 0) is 32.7 Å². The van der Waals surface area contributed by atoms with E-state index in [9.17, 15) is 30.8 Å². The molecule has 2 aromatic rings. The quantitative estimate of drug-likeness (QED) is 0.295. The minimum atomic E-state index is -5.90. The van der Waals surface area contributed by atoms with Gasteiger partial charge in [-0.3, -0.25) is 4.79 Å². The summed E-state index contributed by atoms with van der Waals surface area (Å²) in [4.78, 5) is 11.4. The second-order valence-electron chi connectivity index (χ2n) is 5.46. The first kappa shape index (κ1) is 21.5. The highest BCUT2D eigenvalue weighted by molar-refractivity contribution is 7.88. The van der Waals surface area contributed by atoms with Crippen molar-refractivity contribution in [2.45, 2.75) is 18.5 Å². The summed E-state index contributed by atoms with van der Waals surface area (Å²) in [6.45, 7) is -0.0899. The molecule has 0 heterocycles. The molecule has 0 aliphatic heterocycles. The zero-order valence-electron chi connectivity index (χ0n) is 14.3. The van der Waals surface area contributed by atoms with Crippen molar-refractivity contribution < 1.29 is 44.4 Å². The Hall–Kier alpha value is -2.82. The number of ether oxygens (including phenoxy) is 2. The summed E-state index contributed by atoms with van der Waals surface area (Å²) in [5, 5.41) is 0. The summed E-state index contributed by atoms with van der Waals surface area (Å²) in [7, 11) is -4.79. The molecule has 11 heteroatoms. The van der Waals surface area contributed by atoms with Gasteiger partial charge in [-0.25, -0.2) is 4.39 Å². The Morgan fingerprint density at radius 2 is 1.61 bits per heavy atom. The number of carbonyl (C=O) groups excluding carboxylic acids is 1. The van der Waals surface area contributed by atoms with E-state index in [0.29, 0.717) is 5.56 Å². The van der Waals surface area contributed by atoms with E-state index in [0.717, 1.165) is 19.2 Å². The monoisotopic (exact) mass is 422 g/mol. The number of halogens is 4. The van der Waals surface area contributed by atoms with Crippen molar-refractivity contribution in [2.75, 3.05) is 7.11 Å². The molecular formula is C17H14F4O6S. The third-order valence-corrected chi connectivity index (χ3v) is 4.30. The molecule has 0 saturated carbocycles. The second-order valence-corrected chi connectivity index (χ2v) is 7.00. The number of esters is 1. The molecular weight excluding hydrogens is 408 g/mol. The van der Waals surface area contributed by atoms with Crippen LogP contribution in [-0.4, -0.2) is 27.0 Å². The zero-order chi connectivity index (χ0) is 20.9. The molecule has 152 valence electrons. The Kier molecular flexibility index (Phi) is 6.49. The minimum absolute atomic E-state index is 0.0573. The van der Waals surface area contributed by atoms with Crippen LogP contribution in [0.2, 0.25) is 0 Å². The van der Waals surface area contributed by atoms with Gasteiger partial charge in [0.2, 0.25) is 0 Å².